The van der Waals surface area contributed by atoms with Gasteiger partial charge in [-0.15, -0.1) is 0 Å². The molecule has 1 atom stereocenters. The summed E-state index contributed by atoms with van der Waals surface area (Å²) in [6, 6.07) is 8.87. The lowest BCUT2D eigenvalue weighted by Crippen LogP contribution is -2.32. The molecule has 1 aliphatic carbocycles. The molecule has 82 valence electrons. The second-order valence-corrected chi connectivity index (χ2v) is 5.34. The number of hydrogen-bond donors (Lipinski definition) is 1. The lowest BCUT2D eigenvalue weighted by Gasteiger charge is -2.37. The lowest BCUT2D eigenvalue weighted by molar-refractivity contribution is 0.269. The third kappa shape index (κ3) is 1.93. The molecular weight excluding hydrogens is 182 g/mol. The van der Waals surface area contributed by atoms with Gasteiger partial charge in [-0.3, -0.25) is 0 Å². The molecule has 0 spiro atoms. The van der Waals surface area contributed by atoms with Gasteiger partial charge in [0.25, 0.3) is 0 Å². The maximum atomic E-state index is 5.89. The first kappa shape index (κ1) is 10.7. The zero-order valence-electron chi connectivity index (χ0n) is 9.79. The highest BCUT2D eigenvalue weighted by molar-refractivity contribution is 5.34. The number of nitrogens with two attached hydrogens (primary N) is 1. The number of hydrogen-bond acceptors (Lipinski definition) is 1. The number of aryl methyl sites for hydroxylation is 1. The third-order valence-electron chi connectivity index (χ3n) is 3.84. The molecule has 1 unspecified atom stereocenters. The first-order valence-electron chi connectivity index (χ1n) is 5.93. The van der Waals surface area contributed by atoms with Crippen molar-refractivity contribution in [2.75, 3.05) is 6.54 Å². The van der Waals surface area contributed by atoms with Crippen molar-refractivity contribution in [1.29, 1.82) is 0 Å². The Morgan fingerprint density at radius 3 is 2.80 bits per heavy atom. The number of fused-ring (bicyclic) bond motifs is 1. The van der Waals surface area contributed by atoms with E-state index in [-0.39, 0.29) is 5.41 Å². The van der Waals surface area contributed by atoms with Gasteiger partial charge in [0.05, 0.1) is 0 Å². The maximum absolute atomic E-state index is 5.89. The minimum absolute atomic E-state index is 0.233. The summed E-state index contributed by atoms with van der Waals surface area (Å²) >= 11 is 0. The highest BCUT2D eigenvalue weighted by Gasteiger charge is 2.32. The van der Waals surface area contributed by atoms with Crippen LogP contribution in [0.2, 0.25) is 0 Å². The Bertz CT molecular complexity index is 341. The summed E-state index contributed by atoms with van der Waals surface area (Å²) in [6.45, 7) is 5.35. The lowest BCUT2D eigenvalue weighted by atomic mass is 9.68. The number of benzene rings is 1. The fourth-order valence-corrected chi connectivity index (χ4v) is 2.71. The van der Waals surface area contributed by atoms with E-state index in [0.717, 1.165) is 6.54 Å². The van der Waals surface area contributed by atoms with E-state index in [1.807, 2.05) is 0 Å². The standard InChI is InChI=1S/C14H21N/c1-14(2,10-15)13-9-5-7-11-6-3-4-8-12(11)13/h3-4,6,8,13H,5,7,9-10,15H2,1-2H3. The molecule has 1 heteroatoms. The molecule has 0 heterocycles. The van der Waals surface area contributed by atoms with Crippen molar-refractivity contribution in [3.63, 3.8) is 0 Å². The molecular formula is C14H21N. The van der Waals surface area contributed by atoms with E-state index in [1.54, 1.807) is 5.56 Å². The van der Waals surface area contributed by atoms with Crippen LogP contribution >= 0.6 is 0 Å². The molecule has 0 aliphatic heterocycles. The predicted molar refractivity (Wildman–Crippen MR) is 65.0 cm³/mol. The van der Waals surface area contributed by atoms with Crippen LogP contribution in [0.4, 0.5) is 0 Å². The average molecular weight is 203 g/mol. The first-order valence-corrected chi connectivity index (χ1v) is 5.93. The van der Waals surface area contributed by atoms with Crippen molar-refractivity contribution in [2.24, 2.45) is 11.1 Å². The summed E-state index contributed by atoms with van der Waals surface area (Å²) in [6.07, 6.45) is 3.85. The summed E-state index contributed by atoms with van der Waals surface area (Å²) in [5.41, 5.74) is 9.21. The van der Waals surface area contributed by atoms with Crippen molar-refractivity contribution >= 4 is 0 Å². The largest absolute Gasteiger partial charge is 0.330 e. The Morgan fingerprint density at radius 2 is 2.07 bits per heavy atom. The maximum Gasteiger partial charge on any atom is -0.00200 e. The minimum atomic E-state index is 0.233. The quantitative estimate of drug-likeness (QED) is 0.785. The molecule has 0 aromatic heterocycles. The molecule has 1 aromatic rings. The van der Waals surface area contributed by atoms with Crippen LogP contribution in [0.25, 0.3) is 0 Å². The second kappa shape index (κ2) is 3.97. The fraction of sp³-hybridized carbons (Fsp3) is 0.571. The van der Waals surface area contributed by atoms with Crippen LogP contribution in [0.15, 0.2) is 24.3 Å². The van der Waals surface area contributed by atoms with Gasteiger partial charge in [-0.05, 0) is 48.3 Å². The molecule has 2 rings (SSSR count). The predicted octanol–water partition coefficient (Wildman–Crippen LogP) is 3.09. The second-order valence-electron chi connectivity index (χ2n) is 5.34. The normalized spacial score (nSPS) is 21.1. The Hall–Kier alpha value is -0.820. The summed E-state index contributed by atoms with van der Waals surface area (Å²) in [7, 11) is 0. The van der Waals surface area contributed by atoms with Crippen LogP contribution in [0, 0.1) is 5.41 Å². The fourth-order valence-electron chi connectivity index (χ4n) is 2.71. The smallest absolute Gasteiger partial charge is 0.00200 e. The molecule has 0 amide bonds. The Kier molecular flexibility index (Phi) is 2.83. The van der Waals surface area contributed by atoms with E-state index in [9.17, 15) is 0 Å². The average Bonchev–Trinajstić information content (AvgIpc) is 2.28. The van der Waals surface area contributed by atoms with E-state index < -0.39 is 0 Å². The van der Waals surface area contributed by atoms with Crippen LogP contribution in [0.3, 0.4) is 0 Å². The van der Waals surface area contributed by atoms with Crippen LogP contribution in [-0.4, -0.2) is 6.54 Å². The van der Waals surface area contributed by atoms with Gasteiger partial charge in [0, 0.05) is 0 Å². The van der Waals surface area contributed by atoms with Gasteiger partial charge in [-0.1, -0.05) is 38.1 Å². The molecule has 15 heavy (non-hydrogen) atoms. The zero-order chi connectivity index (χ0) is 10.9. The molecule has 1 nitrogen and oxygen atoms in total. The van der Waals surface area contributed by atoms with Gasteiger partial charge in [0.1, 0.15) is 0 Å². The van der Waals surface area contributed by atoms with Crippen LogP contribution in [0.5, 0.6) is 0 Å². The van der Waals surface area contributed by atoms with Gasteiger partial charge in [-0.2, -0.15) is 0 Å². The summed E-state index contributed by atoms with van der Waals surface area (Å²) in [5.74, 6) is 0.646. The summed E-state index contributed by atoms with van der Waals surface area (Å²) in [4.78, 5) is 0. The third-order valence-corrected chi connectivity index (χ3v) is 3.84. The van der Waals surface area contributed by atoms with Gasteiger partial charge in [0.15, 0.2) is 0 Å². The van der Waals surface area contributed by atoms with E-state index >= 15 is 0 Å². The Labute approximate surface area is 92.7 Å². The summed E-state index contributed by atoms with van der Waals surface area (Å²) < 4.78 is 0. The minimum Gasteiger partial charge on any atom is -0.330 e. The SMILES string of the molecule is CC(C)(CN)C1CCCc2ccccc21. The van der Waals surface area contributed by atoms with Crippen molar-refractivity contribution < 1.29 is 0 Å². The van der Waals surface area contributed by atoms with Gasteiger partial charge in [-0.25, -0.2) is 0 Å². The monoisotopic (exact) mass is 203 g/mol. The van der Waals surface area contributed by atoms with Crippen molar-refractivity contribution in [3.8, 4) is 0 Å². The van der Waals surface area contributed by atoms with Gasteiger partial charge in [0.2, 0.25) is 0 Å². The van der Waals surface area contributed by atoms with Crippen molar-refractivity contribution in [1.82, 2.24) is 0 Å². The molecule has 0 bridgehead atoms. The van der Waals surface area contributed by atoms with Crippen LogP contribution in [-0.2, 0) is 6.42 Å². The van der Waals surface area contributed by atoms with Gasteiger partial charge >= 0.3 is 0 Å². The molecule has 0 saturated carbocycles. The van der Waals surface area contributed by atoms with E-state index in [2.05, 4.69) is 38.1 Å². The van der Waals surface area contributed by atoms with E-state index in [1.165, 1.54) is 24.8 Å². The topological polar surface area (TPSA) is 26.0 Å². The van der Waals surface area contributed by atoms with Crippen LogP contribution in [0.1, 0.15) is 43.7 Å². The van der Waals surface area contributed by atoms with Crippen molar-refractivity contribution in [2.45, 2.75) is 39.0 Å². The summed E-state index contributed by atoms with van der Waals surface area (Å²) in [5, 5.41) is 0. The van der Waals surface area contributed by atoms with Crippen LogP contribution < -0.4 is 5.73 Å². The first-order chi connectivity index (χ1) is 7.15. The molecule has 0 fully saturated rings. The molecule has 1 aromatic carbocycles. The number of rotatable bonds is 2. The molecule has 2 N–H and O–H groups in total. The Balaban J connectivity index is 2.38. The van der Waals surface area contributed by atoms with Crippen molar-refractivity contribution in [3.05, 3.63) is 35.4 Å². The zero-order valence-corrected chi connectivity index (χ0v) is 9.79. The highest BCUT2D eigenvalue weighted by atomic mass is 14.6. The molecule has 1 aliphatic rings. The van der Waals surface area contributed by atoms with E-state index in [4.69, 9.17) is 5.73 Å². The van der Waals surface area contributed by atoms with E-state index in [0.29, 0.717) is 5.92 Å². The Morgan fingerprint density at radius 1 is 1.33 bits per heavy atom. The molecule has 0 saturated heterocycles. The highest BCUT2D eigenvalue weighted by Crippen LogP contribution is 2.42. The molecule has 0 radical (unpaired) electrons. The van der Waals surface area contributed by atoms with Gasteiger partial charge < -0.3 is 5.73 Å².